The number of aromatic nitrogens is 2. The van der Waals surface area contributed by atoms with Crippen LogP contribution in [-0.2, 0) is 29.2 Å². The number of amides is 1. The molecule has 0 unspecified atom stereocenters. The first-order valence-corrected chi connectivity index (χ1v) is 11.9. The molecule has 3 rings (SSSR count). The summed E-state index contributed by atoms with van der Waals surface area (Å²) in [6.45, 7) is 1.90. The minimum absolute atomic E-state index is 0.0920. The van der Waals surface area contributed by atoms with Crippen molar-refractivity contribution >= 4 is 15.7 Å². The number of carbonyl (C=O) groups excluding carboxylic acids is 1. The molecule has 1 saturated carbocycles. The van der Waals surface area contributed by atoms with Crippen LogP contribution >= 0.6 is 0 Å². The molecule has 1 aromatic carbocycles. The molecule has 34 heavy (non-hydrogen) atoms. The summed E-state index contributed by atoms with van der Waals surface area (Å²) in [6.07, 6.45) is -8.29. The van der Waals surface area contributed by atoms with E-state index < -0.39 is 50.0 Å². The number of hydrogen-bond acceptors (Lipinski definition) is 4. The number of carbonyl (C=O) groups is 1. The van der Waals surface area contributed by atoms with E-state index in [1.807, 2.05) is 6.92 Å². The minimum atomic E-state index is -4.69. The molecule has 0 spiro atoms. The molecule has 1 heterocycles. The predicted molar refractivity (Wildman–Crippen MR) is 110 cm³/mol. The Hall–Kier alpha value is -2.57. The van der Waals surface area contributed by atoms with E-state index in [1.165, 1.54) is 7.05 Å². The van der Waals surface area contributed by atoms with Crippen molar-refractivity contribution in [1.29, 1.82) is 0 Å². The zero-order chi connectivity index (χ0) is 25.5. The van der Waals surface area contributed by atoms with Crippen LogP contribution in [0.3, 0.4) is 0 Å². The van der Waals surface area contributed by atoms with E-state index in [1.54, 1.807) is 0 Å². The third-order valence-corrected chi connectivity index (χ3v) is 8.41. The highest BCUT2D eigenvalue weighted by Gasteiger charge is 2.39. The summed E-state index contributed by atoms with van der Waals surface area (Å²) in [5, 5.41) is 5.01. The Labute approximate surface area is 192 Å². The molecule has 1 aliphatic rings. The second kappa shape index (κ2) is 8.90. The molecule has 1 amide bonds. The number of halogens is 6. The molecule has 0 aliphatic heterocycles. The summed E-state index contributed by atoms with van der Waals surface area (Å²) in [6, 6.07) is 4.28. The lowest BCUT2D eigenvalue weighted by molar-refractivity contribution is -0.141. The van der Waals surface area contributed by atoms with E-state index >= 15 is 0 Å². The number of rotatable bonds is 5. The van der Waals surface area contributed by atoms with E-state index in [0.717, 1.165) is 22.9 Å². The maximum Gasteiger partial charge on any atom is 0.435 e. The summed E-state index contributed by atoms with van der Waals surface area (Å²) in [5.41, 5.74) is -3.02. The lowest BCUT2D eigenvalue weighted by atomic mass is 9.75. The third-order valence-electron chi connectivity index (χ3n) is 6.15. The van der Waals surface area contributed by atoms with Gasteiger partial charge in [0, 0.05) is 19.7 Å². The summed E-state index contributed by atoms with van der Waals surface area (Å²) in [7, 11) is -2.77. The van der Waals surface area contributed by atoms with Gasteiger partial charge >= 0.3 is 12.4 Å². The molecule has 0 bridgehead atoms. The van der Waals surface area contributed by atoms with E-state index in [9.17, 15) is 39.6 Å². The standard InChI is InChI=1S/C21H23F6N3O3S/c1-19(12-28-18(31)16-11-17(21(25,26)27)29-30(16)2)8-6-14(7-9-19)34(32,33)15-5-3-4-13(10-15)20(22,23)24/h3-5,10-11,14H,6-9,12H2,1-2H3,(H,28,31). The zero-order valence-corrected chi connectivity index (χ0v) is 19.1. The summed E-state index contributed by atoms with van der Waals surface area (Å²) >= 11 is 0. The topological polar surface area (TPSA) is 81.1 Å². The Morgan fingerprint density at radius 1 is 1.12 bits per heavy atom. The number of nitrogens with zero attached hydrogens (tertiary/aromatic N) is 2. The molecule has 1 N–H and O–H groups in total. The number of aryl methyl sites for hydroxylation is 1. The number of hydrogen-bond donors (Lipinski definition) is 1. The van der Waals surface area contributed by atoms with Crippen LogP contribution < -0.4 is 5.32 Å². The Bertz CT molecular complexity index is 1160. The summed E-state index contributed by atoms with van der Waals surface area (Å²) in [4.78, 5) is 12.0. The van der Waals surface area contributed by atoms with Crippen LogP contribution in [0.4, 0.5) is 26.3 Å². The normalized spacial score (nSPS) is 21.9. The fourth-order valence-electron chi connectivity index (χ4n) is 4.02. The molecular formula is C21H23F6N3O3S. The van der Waals surface area contributed by atoms with Gasteiger partial charge < -0.3 is 5.32 Å². The zero-order valence-electron chi connectivity index (χ0n) is 18.3. The summed E-state index contributed by atoms with van der Waals surface area (Å²) in [5.74, 6) is -0.745. The van der Waals surface area contributed by atoms with Crippen molar-refractivity contribution in [3.05, 3.63) is 47.3 Å². The van der Waals surface area contributed by atoms with Crippen LogP contribution in [0.1, 0.15) is 54.4 Å². The second-order valence-electron chi connectivity index (χ2n) is 8.80. The molecule has 0 radical (unpaired) electrons. The van der Waals surface area contributed by atoms with Crippen molar-refractivity contribution in [2.24, 2.45) is 12.5 Å². The van der Waals surface area contributed by atoms with Gasteiger partial charge in [-0.1, -0.05) is 13.0 Å². The van der Waals surface area contributed by atoms with Crippen LogP contribution in [-0.4, -0.2) is 35.9 Å². The van der Waals surface area contributed by atoms with Crippen molar-refractivity contribution in [3.63, 3.8) is 0 Å². The largest absolute Gasteiger partial charge is 0.435 e. The molecule has 2 aromatic rings. The van der Waals surface area contributed by atoms with Gasteiger partial charge in [0.25, 0.3) is 5.91 Å². The van der Waals surface area contributed by atoms with Gasteiger partial charge in [0.1, 0.15) is 5.69 Å². The van der Waals surface area contributed by atoms with Crippen molar-refractivity contribution < 1.29 is 39.6 Å². The van der Waals surface area contributed by atoms with E-state index in [0.29, 0.717) is 25.0 Å². The fourth-order valence-corrected chi connectivity index (χ4v) is 5.82. The van der Waals surface area contributed by atoms with Crippen molar-refractivity contribution in [1.82, 2.24) is 15.1 Å². The SMILES string of the molecule is Cn1nc(C(F)(F)F)cc1C(=O)NCC1(C)CCC(S(=O)(=O)c2cccc(C(F)(F)F)c2)CC1. The molecule has 0 saturated heterocycles. The van der Waals surface area contributed by atoms with Crippen molar-refractivity contribution in [3.8, 4) is 0 Å². The lowest BCUT2D eigenvalue weighted by Crippen LogP contribution is -2.41. The third kappa shape index (κ3) is 5.56. The number of alkyl halides is 6. The van der Waals surface area contributed by atoms with Crippen LogP contribution in [0, 0.1) is 5.41 Å². The Balaban J connectivity index is 1.64. The Morgan fingerprint density at radius 3 is 2.26 bits per heavy atom. The van der Waals surface area contributed by atoms with Gasteiger partial charge in [-0.3, -0.25) is 9.48 Å². The van der Waals surface area contributed by atoms with Crippen molar-refractivity contribution in [2.45, 2.75) is 55.1 Å². The average molecular weight is 511 g/mol. The van der Waals surface area contributed by atoms with Crippen LogP contribution in [0.15, 0.2) is 35.2 Å². The van der Waals surface area contributed by atoms with Gasteiger partial charge in [-0.05, 0) is 49.3 Å². The van der Waals surface area contributed by atoms with Gasteiger partial charge in [0.05, 0.1) is 15.7 Å². The minimum Gasteiger partial charge on any atom is -0.350 e. The number of nitrogens with one attached hydrogen (secondary N) is 1. The molecule has 1 aliphatic carbocycles. The van der Waals surface area contributed by atoms with Crippen LogP contribution in [0.2, 0.25) is 0 Å². The number of sulfone groups is 1. The Morgan fingerprint density at radius 2 is 1.74 bits per heavy atom. The highest BCUT2D eigenvalue weighted by atomic mass is 32.2. The maximum atomic E-state index is 13.0. The van der Waals surface area contributed by atoms with Crippen molar-refractivity contribution in [2.75, 3.05) is 6.54 Å². The van der Waals surface area contributed by atoms with E-state index in [4.69, 9.17) is 0 Å². The van der Waals surface area contributed by atoms with E-state index in [-0.39, 0.29) is 30.0 Å². The van der Waals surface area contributed by atoms with Gasteiger partial charge in [0.15, 0.2) is 15.5 Å². The van der Waals surface area contributed by atoms with Gasteiger partial charge in [-0.2, -0.15) is 31.4 Å². The predicted octanol–water partition coefficient (Wildman–Crippen LogP) is 4.61. The highest BCUT2D eigenvalue weighted by molar-refractivity contribution is 7.92. The molecule has 0 atom stereocenters. The summed E-state index contributed by atoms with van der Waals surface area (Å²) < 4.78 is 104. The molecular weight excluding hydrogens is 488 g/mol. The fraction of sp³-hybridized carbons (Fsp3) is 0.524. The molecule has 6 nitrogen and oxygen atoms in total. The Kier molecular flexibility index (Phi) is 6.81. The quantitative estimate of drug-likeness (QED) is 0.595. The lowest BCUT2D eigenvalue weighted by Gasteiger charge is -2.37. The first-order chi connectivity index (χ1) is 15.5. The van der Waals surface area contributed by atoms with Crippen LogP contribution in [0.5, 0.6) is 0 Å². The maximum absolute atomic E-state index is 13.0. The van der Waals surface area contributed by atoms with Gasteiger partial charge in [-0.15, -0.1) is 0 Å². The highest BCUT2D eigenvalue weighted by Crippen LogP contribution is 2.40. The number of benzene rings is 1. The molecule has 1 aromatic heterocycles. The monoisotopic (exact) mass is 511 g/mol. The second-order valence-corrected chi connectivity index (χ2v) is 11.0. The van der Waals surface area contributed by atoms with E-state index in [2.05, 4.69) is 10.4 Å². The molecule has 1 fully saturated rings. The smallest absolute Gasteiger partial charge is 0.350 e. The van der Waals surface area contributed by atoms with Crippen LogP contribution in [0.25, 0.3) is 0 Å². The van der Waals surface area contributed by atoms with Gasteiger partial charge in [0.2, 0.25) is 0 Å². The first kappa shape index (κ1) is 26.0. The first-order valence-electron chi connectivity index (χ1n) is 10.3. The molecule has 188 valence electrons. The van der Waals surface area contributed by atoms with Gasteiger partial charge in [-0.25, -0.2) is 8.42 Å². The molecule has 13 heteroatoms. The average Bonchev–Trinajstić information content (AvgIpc) is 3.14.